The zero-order chi connectivity index (χ0) is 15.6. The number of hydrogen-bond acceptors (Lipinski definition) is 4. The Morgan fingerprint density at radius 2 is 1.76 bits per heavy atom. The third kappa shape index (κ3) is 3.42. The zero-order valence-electron chi connectivity index (χ0n) is 11.6. The fourth-order valence-corrected chi connectivity index (χ4v) is 1.84. The van der Waals surface area contributed by atoms with Crippen LogP contribution >= 0.6 is 0 Å². The van der Waals surface area contributed by atoms with E-state index in [1.807, 2.05) is 31.2 Å². The largest absolute Gasteiger partial charge is 0.451 e. The minimum absolute atomic E-state index is 0.0964. The van der Waals surface area contributed by atoms with Crippen LogP contribution in [-0.4, -0.2) is 17.0 Å². The number of anilines is 3. The number of halogens is 3. The lowest BCUT2D eigenvalue weighted by atomic mass is 10.1. The number of nitrogens with zero attached hydrogens (tertiary/aromatic N) is 3. The fourth-order valence-electron chi connectivity index (χ4n) is 1.84. The SMILES string of the molecule is CCc1ccc(N(C)c2cc(N)nc(C(F)(F)F)n2)cc1. The molecule has 0 atom stereocenters. The number of nitrogens with two attached hydrogens (primary N) is 1. The molecule has 2 N–H and O–H groups in total. The fraction of sp³-hybridized carbons (Fsp3) is 0.286. The molecule has 1 heterocycles. The van der Waals surface area contributed by atoms with Crippen LogP contribution in [0.4, 0.5) is 30.5 Å². The molecule has 0 aliphatic heterocycles. The molecule has 0 saturated carbocycles. The maximum Gasteiger partial charge on any atom is 0.451 e. The van der Waals surface area contributed by atoms with E-state index in [0.29, 0.717) is 0 Å². The van der Waals surface area contributed by atoms with Crippen molar-refractivity contribution < 1.29 is 13.2 Å². The molecule has 7 heteroatoms. The summed E-state index contributed by atoms with van der Waals surface area (Å²) in [4.78, 5) is 8.29. The van der Waals surface area contributed by atoms with Crippen molar-refractivity contribution in [1.29, 1.82) is 0 Å². The molecule has 21 heavy (non-hydrogen) atoms. The molecule has 2 aromatic rings. The number of nitrogen functional groups attached to an aromatic ring is 1. The first-order valence-electron chi connectivity index (χ1n) is 6.35. The van der Waals surface area contributed by atoms with Gasteiger partial charge in [-0.05, 0) is 24.1 Å². The average Bonchev–Trinajstić information content (AvgIpc) is 2.45. The topological polar surface area (TPSA) is 55.0 Å². The van der Waals surface area contributed by atoms with Gasteiger partial charge in [-0.2, -0.15) is 13.2 Å². The summed E-state index contributed by atoms with van der Waals surface area (Å²) in [5, 5.41) is 0. The maximum absolute atomic E-state index is 12.7. The number of alkyl halides is 3. The molecular weight excluding hydrogens is 281 g/mol. The second-order valence-corrected chi connectivity index (χ2v) is 4.55. The Morgan fingerprint density at radius 3 is 2.29 bits per heavy atom. The van der Waals surface area contributed by atoms with Crippen LogP contribution in [0.1, 0.15) is 18.3 Å². The van der Waals surface area contributed by atoms with Crippen molar-refractivity contribution in [3.63, 3.8) is 0 Å². The molecule has 0 aliphatic carbocycles. The monoisotopic (exact) mass is 296 g/mol. The van der Waals surface area contributed by atoms with Crippen molar-refractivity contribution >= 4 is 17.3 Å². The second kappa shape index (κ2) is 5.59. The lowest BCUT2D eigenvalue weighted by Gasteiger charge is -2.20. The zero-order valence-corrected chi connectivity index (χ0v) is 11.6. The highest BCUT2D eigenvalue weighted by Gasteiger charge is 2.35. The molecule has 0 radical (unpaired) electrons. The maximum atomic E-state index is 12.7. The summed E-state index contributed by atoms with van der Waals surface area (Å²) >= 11 is 0. The smallest absolute Gasteiger partial charge is 0.384 e. The quantitative estimate of drug-likeness (QED) is 0.943. The average molecular weight is 296 g/mol. The van der Waals surface area contributed by atoms with E-state index in [9.17, 15) is 13.2 Å². The van der Waals surface area contributed by atoms with Crippen LogP contribution in [0, 0.1) is 0 Å². The Kier molecular flexibility index (Phi) is 4.02. The Bertz CT molecular complexity index is 623. The van der Waals surface area contributed by atoms with Gasteiger partial charge in [-0.1, -0.05) is 19.1 Å². The normalized spacial score (nSPS) is 11.5. The first kappa shape index (κ1) is 15.1. The standard InChI is InChI=1S/C14H15F3N4/c1-3-9-4-6-10(7-5-9)21(2)12-8-11(18)19-13(20-12)14(15,16)17/h4-8H,3H2,1-2H3,(H2,18,19,20). The number of hydrogen-bond donors (Lipinski definition) is 1. The van der Waals surface area contributed by atoms with Crippen molar-refractivity contribution in [3.05, 3.63) is 41.7 Å². The summed E-state index contributed by atoms with van der Waals surface area (Å²) in [5.74, 6) is -1.36. The van der Waals surface area contributed by atoms with Gasteiger partial charge in [0.1, 0.15) is 11.6 Å². The lowest BCUT2D eigenvalue weighted by Crippen LogP contribution is -2.18. The summed E-state index contributed by atoms with van der Waals surface area (Å²) in [5.41, 5.74) is 7.30. The molecule has 0 unspecified atom stereocenters. The van der Waals surface area contributed by atoms with Crippen LogP contribution in [0.5, 0.6) is 0 Å². The van der Waals surface area contributed by atoms with Crippen LogP contribution in [0.2, 0.25) is 0 Å². The highest BCUT2D eigenvalue weighted by molar-refractivity contribution is 5.61. The van der Waals surface area contributed by atoms with Gasteiger partial charge in [-0.3, -0.25) is 0 Å². The highest BCUT2D eigenvalue weighted by Crippen LogP contribution is 2.30. The molecular formula is C14H15F3N4. The third-order valence-corrected chi connectivity index (χ3v) is 3.06. The number of benzene rings is 1. The van der Waals surface area contributed by atoms with Gasteiger partial charge in [0.25, 0.3) is 0 Å². The van der Waals surface area contributed by atoms with Crippen LogP contribution in [0.3, 0.4) is 0 Å². The highest BCUT2D eigenvalue weighted by atomic mass is 19.4. The minimum atomic E-state index is -4.63. The molecule has 0 aliphatic rings. The summed E-state index contributed by atoms with van der Waals surface area (Å²) in [6, 6.07) is 8.79. The van der Waals surface area contributed by atoms with E-state index < -0.39 is 12.0 Å². The predicted octanol–water partition coefficient (Wildman–Crippen LogP) is 3.41. The molecule has 0 fully saturated rings. The van der Waals surface area contributed by atoms with Gasteiger partial charge < -0.3 is 10.6 Å². The van der Waals surface area contributed by atoms with E-state index in [1.165, 1.54) is 11.0 Å². The van der Waals surface area contributed by atoms with E-state index in [1.54, 1.807) is 7.05 Å². The van der Waals surface area contributed by atoms with Gasteiger partial charge in [-0.15, -0.1) is 0 Å². The Morgan fingerprint density at radius 1 is 1.14 bits per heavy atom. The Labute approximate surface area is 120 Å². The van der Waals surface area contributed by atoms with E-state index in [-0.39, 0.29) is 11.6 Å². The molecule has 1 aromatic heterocycles. The molecule has 0 spiro atoms. The first-order valence-corrected chi connectivity index (χ1v) is 6.35. The van der Waals surface area contributed by atoms with Gasteiger partial charge in [0.05, 0.1) is 0 Å². The molecule has 1 aromatic carbocycles. The first-order chi connectivity index (χ1) is 9.81. The van der Waals surface area contributed by atoms with E-state index in [2.05, 4.69) is 9.97 Å². The third-order valence-electron chi connectivity index (χ3n) is 3.06. The molecule has 4 nitrogen and oxygen atoms in total. The Balaban J connectivity index is 2.38. The van der Waals surface area contributed by atoms with Crippen molar-refractivity contribution in [2.24, 2.45) is 0 Å². The van der Waals surface area contributed by atoms with Gasteiger partial charge >= 0.3 is 6.18 Å². The van der Waals surface area contributed by atoms with Gasteiger partial charge in [0.15, 0.2) is 0 Å². The van der Waals surface area contributed by atoms with Crippen LogP contribution in [0.25, 0.3) is 0 Å². The van der Waals surface area contributed by atoms with E-state index >= 15 is 0 Å². The van der Waals surface area contributed by atoms with Crippen molar-refractivity contribution in [3.8, 4) is 0 Å². The lowest BCUT2D eigenvalue weighted by molar-refractivity contribution is -0.144. The summed E-state index contributed by atoms with van der Waals surface area (Å²) in [7, 11) is 1.63. The van der Waals surface area contributed by atoms with E-state index in [4.69, 9.17) is 5.73 Å². The van der Waals surface area contributed by atoms with Gasteiger partial charge in [0, 0.05) is 18.8 Å². The van der Waals surface area contributed by atoms with Crippen molar-refractivity contribution in [2.45, 2.75) is 19.5 Å². The molecule has 0 saturated heterocycles. The van der Waals surface area contributed by atoms with Crippen molar-refractivity contribution in [1.82, 2.24) is 9.97 Å². The van der Waals surface area contributed by atoms with Crippen LogP contribution < -0.4 is 10.6 Å². The van der Waals surface area contributed by atoms with E-state index in [0.717, 1.165) is 17.7 Å². The summed E-state index contributed by atoms with van der Waals surface area (Å²) in [6.45, 7) is 2.03. The summed E-state index contributed by atoms with van der Waals surface area (Å²) in [6.07, 6.45) is -3.74. The van der Waals surface area contributed by atoms with Crippen LogP contribution in [-0.2, 0) is 12.6 Å². The molecule has 112 valence electrons. The molecule has 0 bridgehead atoms. The minimum Gasteiger partial charge on any atom is -0.384 e. The van der Waals surface area contributed by atoms with Gasteiger partial charge in [-0.25, -0.2) is 9.97 Å². The van der Waals surface area contributed by atoms with Crippen molar-refractivity contribution in [2.75, 3.05) is 17.7 Å². The molecule has 2 rings (SSSR count). The number of aromatic nitrogens is 2. The number of rotatable bonds is 3. The predicted molar refractivity (Wildman–Crippen MR) is 75.3 cm³/mol. The van der Waals surface area contributed by atoms with Crippen LogP contribution in [0.15, 0.2) is 30.3 Å². The summed E-state index contributed by atoms with van der Waals surface area (Å²) < 4.78 is 38.1. The second-order valence-electron chi connectivity index (χ2n) is 4.55. The molecule has 0 amide bonds. The van der Waals surface area contributed by atoms with Gasteiger partial charge in [0.2, 0.25) is 5.82 Å². The number of aryl methyl sites for hydroxylation is 1. The Hall–Kier alpha value is -2.31.